The number of carbonyl (C=O) groups is 1. The maximum absolute atomic E-state index is 11.0. The lowest BCUT2D eigenvalue weighted by atomic mass is 9.97. The summed E-state index contributed by atoms with van der Waals surface area (Å²) in [5.41, 5.74) is 1.25. The second kappa shape index (κ2) is 7.01. The lowest BCUT2D eigenvalue weighted by Gasteiger charge is -2.33. The third-order valence-electron chi connectivity index (χ3n) is 4.26. The maximum Gasteiger partial charge on any atom is 0.216 e. The Morgan fingerprint density at radius 3 is 2.95 bits per heavy atom. The standard InChI is InChI=1S/C17H24N2O3/c1-13(20)18-10-15-3-2-6-19(12-15)11-14-4-5-16-17(9-14)22-8-7-21-16/h4-5,9,15H,2-3,6-8,10-12H2,1H3,(H,18,20)/t15-/m1/s1. The topological polar surface area (TPSA) is 50.8 Å². The van der Waals surface area contributed by atoms with Crippen molar-refractivity contribution in [1.29, 1.82) is 0 Å². The van der Waals surface area contributed by atoms with Crippen LogP contribution in [0.4, 0.5) is 0 Å². The van der Waals surface area contributed by atoms with Crippen LogP contribution < -0.4 is 14.8 Å². The molecule has 0 unspecified atom stereocenters. The predicted octanol–water partition coefficient (Wildman–Crippen LogP) is 1.81. The van der Waals surface area contributed by atoms with Crippen LogP contribution in [0.15, 0.2) is 18.2 Å². The fourth-order valence-electron chi connectivity index (χ4n) is 3.19. The number of nitrogens with zero attached hydrogens (tertiary/aromatic N) is 1. The minimum absolute atomic E-state index is 0.0592. The molecule has 2 heterocycles. The SMILES string of the molecule is CC(=O)NC[C@H]1CCCN(Cc2ccc3c(c2)OCCO3)C1. The minimum atomic E-state index is 0.0592. The molecule has 1 aromatic carbocycles. The summed E-state index contributed by atoms with van der Waals surface area (Å²) in [4.78, 5) is 13.5. The molecule has 1 N–H and O–H groups in total. The average molecular weight is 304 g/mol. The Morgan fingerprint density at radius 1 is 1.32 bits per heavy atom. The summed E-state index contributed by atoms with van der Waals surface area (Å²) >= 11 is 0. The first-order valence-electron chi connectivity index (χ1n) is 8.06. The molecule has 2 aliphatic heterocycles. The number of hydrogen-bond acceptors (Lipinski definition) is 4. The van der Waals surface area contributed by atoms with Crippen LogP contribution in [-0.4, -0.2) is 43.7 Å². The zero-order valence-corrected chi connectivity index (χ0v) is 13.1. The van der Waals surface area contributed by atoms with E-state index in [1.165, 1.54) is 18.4 Å². The quantitative estimate of drug-likeness (QED) is 0.921. The highest BCUT2D eigenvalue weighted by Gasteiger charge is 2.21. The molecule has 0 radical (unpaired) electrons. The fourth-order valence-corrected chi connectivity index (χ4v) is 3.19. The van der Waals surface area contributed by atoms with Crippen LogP contribution in [-0.2, 0) is 11.3 Å². The molecule has 0 spiro atoms. The monoisotopic (exact) mass is 304 g/mol. The van der Waals surface area contributed by atoms with Crippen molar-refractivity contribution in [2.24, 2.45) is 5.92 Å². The van der Waals surface area contributed by atoms with E-state index in [-0.39, 0.29) is 5.91 Å². The Labute approximate surface area is 131 Å². The number of nitrogens with one attached hydrogen (secondary N) is 1. The third-order valence-corrected chi connectivity index (χ3v) is 4.26. The van der Waals surface area contributed by atoms with Gasteiger partial charge in [0.05, 0.1) is 0 Å². The number of hydrogen-bond donors (Lipinski definition) is 1. The molecule has 3 rings (SSSR count). The van der Waals surface area contributed by atoms with E-state index < -0.39 is 0 Å². The highest BCUT2D eigenvalue weighted by atomic mass is 16.6. The van der Waals surface area contributed by atoms with Gasteiger partial charge in [-0.05, 0) is 43.0 Å². The van der Waals surface area contributed by atoms with Crippen LogP contribution in [0.3, 0.4) is 0 Å². The second-order valence-corrected chi connectivity index (χ2v) is 6.16. The number of fused-ring (bicyclic) bond motifs is 1. The Morgan fingerprint density at radius 2 is 2.14 bits per heavy atom. The van der Waals surface area contributed by atoms with Gasteiger partial charge < -0.3 is 14.8 Å². The van der Waals surface area contributed by atoms with Crippen LogP contribution >= 0.6 is 0 Å². The van der Waals surface area contributed by atoms with Crippen molar-refractivity contribution in [1.82, 2.24) is 10.2 Å². The van der Waals surface area contributed by atoms with Crippen LogP contribution in [0.5, 0.6) is 11.5 Å². The van der Waals surface area contributed by atoms with Gasteiger partial charge in [0.2, 0.25) is 5.91 Å². The number of ether oxygens (including phenoxy) is 2. The van der Waals surface area contributed by atoms with Gasteiger partial charge >= 0.3 is 0 Å². The number of piperidine rings is 1. The highest BCUT2D eigenvalue weighted by Crippen LogP contribution is 2.31. The average Bonchev–Trinajstić information content (AvgIpc) is 2.53. The van der Waals surface area contributed by atoms with E-state index in [9.17, 15) is 4.79 Å². The molecule has 0 aromatic heterocycles. The smallest absolute Gasteiger partial charge is 0.216 e. The van der Waals surface area contributed by atoms with Gasteiger partial charge in [-0.1, -0.05) is 6.07 Å². The summed E-state index contributed by atoms with van der Waals surface area (Å²) in [6, 6.07) is 6.21. The number of carbonyl (C=O) groups excluding carboxylic acids is 1. The van der Waals surface area contributed by atoms with E-state index in [4.69, 9.17) is 9.47 Å². The molecule has 1 fully saturated rings. The fraction of sp³-hybridized carbons (Fsp3) is 0.588. The molecule has 1 amide bonds. The molecule has 0 aliphatic carbocycles. The lowest BCUT2D eigenvalue weighted by molar-refractivity contribution is -0.119. The van der Waals surface area contributed by atoms with Crippen molar-refractivity contribution in [2.75, 3.05) is 32.8 Å². The summed E-state index contributed by atoms with van der Waals surface area (Å²) in [6.07, 6.45) is 2.38. The van der Waals surface area contributed by atoms with Gasteiger partial charge in [-0.15, -0.1) is 0 Å². The molecule has 120 valence electrons. The number of amides is 1. The summed E-state index contributed by atoms with van der Waals surface area (Å²) < 4.78 is 11.2. The molecule has 2 aliphatic rings. The molecule has 22 heavy (non-hydrogen) atoms. The zero-order valence-electron chi connectivity index (χ0n) is 13.1. The summed E-state index contributed by atoms with van der Waals surface area (Å²) in [6.45, 7) is 6.69. The Kier molecular flexibility index (Phi) is 4.83. The Balaban J connectivity index is 1.57. The number of benzene rings is 1. The van der Waals surface area contributed by atoms with Gasteiger partial charge in [0.1, 0.15) is 13.2 Å². The first-order chi connectivity index (χ1) is 10.7. The molecular weight excluding hydrogens is 280 g/mol. The molecule has 1 aromatic rings. The van der Waals surface area contributed by atoms with E-state index in [1.54, 1.807) is 6.92 Å². The summed E-state index contributed by atoms with van der Waals surface area (Å²) in [5, 5.41) is 2.94. The van der Waals surface area contributed by atoms with Gasteiger partial charge in [0, 0.05) is 26.6 Å². The highest BCUT2D eigenvalue weighted by molar-refractivity contribution is 5.72. The van der Waals surface area contributed by atoms with Crippen molar-refractivity contribution in [2.45, 2.75) is 26.3 Å². The number of rotatable bonds is 4. The molecular formula is C17H24N2O3. The van der Waals surface area contributed by atoms with E-state index in [0.29, 0.717) is 19.1 Å². The maximum atomic E-state index is 11.0. The minimum Gasteiger partial charge on any atom is -0.486 e. The van der Waals surface area contributed by atoms with Crippen LogP contribution in [0.25, 0.3) is 0 Å². The first-order valence-corrected chi connectivity index (χ1v) is 8.06. The van der Waals surface area contributed by atoms with Gasteiger partial charge in [-0.25, -0.2) is 0 Å². The molecule has 1 saturated heterocycles. The molecule has 1 atom stereocenters. The third kappa shape index (κ3) is 3.91. The van der Waals surface area contributed by atoms with Crippen LogP contribution in [0.2, 0.25) is 0 Å². The largest absolute Gasteiger partial charge is 0.486 e. The van der Waals surface area contributed by atoms with E-state index in [1.807, 2.05) is 6.07 Å². The van der Waals surface area contributed by atoms with Gasteiger partial charge in [-0.3, -0.25) is 9.69 Å². The molecule has 0 saturated carbocycles. The lowest BCUT2D eigenvalue weighted by Crippen LogP contribution is -2.40. The second-order valence-electron chi connectivity index (χ2n) is 6.16. The van der Waals surface area contributed by atoms with Crippen molar-refractivity contribution in [3.05, 3.63) is 23.8 Å². The van der Waals surface area contributed by atoms with Crippen molar-refractivity contribution in [3.8, 4) is 11.5 Å². The Bertz CT molecular complexity index is 533. The van der Waals surface area contributed by atoms with Crippen molar-refractivity contribution in [3.63, 3.8) is 0 Å². The molecule has 5 nitrogen and oxygen atoms in total. The van der Waals surface area contributed by atoms with Gasteiger partial charge in [0.25, 0.3) is 0 Å². The van der Waals surface area contributed by atoms with E-state index >= 15 is 0 Å². The zero-order chi connectivity index (χ0) is 15.4. The van der Waals surface area contributed by atoms with E-state index in [2.05, 4.69) is 22.3 Å². The van der Waals surface area contributed by atoms with Crippen LogP contribution in [0, 0.1) is 5.92 Å². The Hall–Kier alpha value is -1.75. The van der Waals surface area contributed by atoms with Gasteiger partial charge in [0.15, 0.2) is 11.5 Å². The first kappa shape index (κ1) is 15.2. The van der Waals surface area contributed by atoms with E-state index in [0.717, 1.165) is 37.7 Å². The summed E-state index contributed by atoms with van der Waals surface area (Å²) in [5.74, 6) is 2.31. The predicted molar refractivity (Wildman–Crippen MR) is 84.1 cm³/mol. The molecule has 5 heteroatoms. The summed E-state index contributed by atoms with van der Waals surface area (Å²) in [7, 11) is 0. The van der Waals surface area contributed by atoms with Crippen molar-refractivity contribution >= 4 is 5.91 Å². The molecule has 0 bridgehead atoms. The van der Waals surface area contributed by atoms with Crippen molar-refractivity contribution < 1.29 is 14.3 Å². The number of likely N-dealkylation sites (tertiary alicyclic amines) is 1. The van der Waals surface area contributed by atoms with Gasteiger partial charge in [-0.2, -0.15) is 0 Å². The van der Waals surface area contributed by atoms with Crippen LogP contribution in [0.1, 0.15) is 25.3 Å². The normalized spacial score (nSPS) is 21.4.